The maximum absolute atomic E-state index is 11.1. The van der Waals surface area contributed by atoms with Crippen LogP contribution in [-0.2, 0) is 32.7 Å². The van der Waals surface area contributed by atoms with Crippen molar-refractivity contribution < 1.29 is 37.6 Å². The van der Waals surface area contributed by atoms with Crippen LogP contribution in [-0.4, -0.2) is 106 Å². The van der Waals surface area contributed by atoms with Crippen LogP contribution in [0.15, 0.2) is 12.3 Å². The van der Waals surface area contributed by atoms with Gasteiger partial charge in [0, 0.05) is 78.6 Å². The summed E-state index contributed by atoms with van der Waals surface area (Å²) >= 11 is 0. The van der Waals surface area contributed by atoms with Gasteiger partial charge in [-0.05, 0) is 34.1 Å². The average molecular weight is 645 g/mol. The first kappa shape index (κ1) is 50.4. The van der Waals surface area contributed by atoms with Crippen LogP contribution >= 0.6 is 16.8 Å². The van der Waals surface area contributed by atoms with Crippen molar-refractivity contribution in [2.24, 2.45) is 0 Å². The van der Waals surface area contributed by atoms with Crippen molar-refractivity contribution in [2.45, 2.75) is 93.3 Å². The van der Waals surface area contributed by atoms with Gasteiger partial charge in [0.15, 0.2) is 16.8 Å². The summed E-state index contributed by atoms with van der Waals surface area (Å²) in [5, 5.41) is 12.6. The molecule has 0 aliphatic heterocycles. The lowest BCUT2D eigenvalue weighted by atomic mass is 10.2. The molecule has 2 amide bonds. The lowest BCUT2D eigenvalue weighted by Gasteiger charge is -2.30. The molecule has 0 heterocycles. The van der Waals surface area contributed by atoms with Crippen molar-refractivity contribution in [3.05, 3.63) is 12.3 Å². The number of rotatable bonds is 18. The maximum atomic E-state index is 11.1. The Bertz CT molecular complexity index is 630. The van der Waals surface area contributed by atoms with Crippen LogP contribution < -0.4 is 5.32 Å². The number of nitrogens with zero attached hydrogens (tertiary/aromatic N) is 3. The number of likely N-dealkylation sites (N-methyl/N-ethyl adjacent to an activating group) is 1. The number of carbonyl (C=O) groups is 2. The Hall–Kier alpha value is -1.25. The molecule has 0 rings (SSSR count). The quantitative estimate of drug-likeness (QED) is 0.0829. The Labute approximate surface area is 259 Å². The molecule has 2 atom stereocenters. The van der Waals surface area contributed by atoms with Gasteiger partial charge in [-0.3, -0.25) is 9.59 Å². The molecule has 0 spiro atoms. The summed E-state index contributed by atoms with van der Waals surface area (Å²) in [4.78, 5) is 33.0. The van der Waals surface area contributed by atoms with Gasteiger partial charge in [0.05, 0.1) is 25.3 Å². The van der Waals surface area contributed by atoms with Crippen molar-refractivity contribution in [1.82, 2.24) is 15.3 Å². The van der Waals surface area contributed by atoms with E-state index >= 15 is 0 Å². The van der Waals surface area contributed by atoms with Gasteiger partial charge in [-0.25, -0.2) is 4.62 Å². The minimum absolute atomic E-state index is 0.102. The first-order valence-corrected chi connectivity index (χ1v) is 17.1. The molecule has 2 unspecified atom stereocenters. The smallest absolute Gasteiger partial charge is 0.245 e. The zero-order chi connectivity index (χ0) is 33.9. The second-order valence-corrected chi connectivity index (χ2v) is 11.2. The number of hydrogen-bond acceptors (Lipinski definition) is 10. The molecule has 0 aliphatic rings. The van der Waals surface area contributed by atoms with E-state index in [1.807, 2.05) is 68.4 Å². The average Bonchev–Trinajstić information content (AvgIpc) is 3.00. The van der Waals surface area contributed by atoms with E-state index in [0.29, 0.717) is 38.3 Å². The summed E-state index contributed by atoms with van der Waals surface area (Å²) in [5.41, 5.74) is 0. The maximum Gasteiger partial charge on any atom is 0.245 e. The Morgan fingerprint density at radius 3 is 1.88 bits per heavy atom. The number of nitrogens with one attached hydrogen (secondary N) is 1. The minimum Gasteiger partial charge on any atom is -0.388 e. The number of carbonyl (C=O) groups excluding carboxylic acids is 2. The predicted octanol–water partition coefficient (Wildman–Crippen LogP) is 5.67. The molecule has 0 fully saturated rings. The number of amides is 2. The van der Waals surface area contributed by atoms with E-state index in [1.54, 1.807) is 33.5 Å². The Morgan fingerprint density at radius 2 is 1.52 bits per heavy atom. The largest absolute Gasteiger partial charge is 0.388 e. The highest BCUT2D eigenvalue weighted by Gasteiger charge is 2.18. The van der Waals surface area contributed by atoms with E-state index < -0.39 is 16.8 Å². The van der Waals surface area contributed by atoms with Crippen LogP contribution in [0.4, 0.5) is 0 Å². The minimum atomic E-state index is -1.49. The topological polar surface area (TPSA) is 143 Å². The fraction of sp³-hybridized carbons (Fsp3) is 0.821. The summed E-state index contributed by atoms with van der Waals surface area (Å²) in [6.45, 7) is 18.9. The normalized spacial score (nSPS) is 11.6. The molecule has 2 N–H and O–H groups in total. The second kappa shape index (κ2) is 39.8. The van der Waals surface area contributed by atoms with Crippen molar-refractivity contribution >= 4 is 29.1 Å². The van der Waals surface area contributed by atoms with Gasteiger partial charge in [0.25, 0.3) is 0 Å². The summed E-state index contributed by atoms with van der Waals surface area (Å²) in [6, 6.07) is 2.45. The van der Waals surface area contributed by atoms with Gasteiger partial charge in [-0.1, -0.05) is 34.6 Å². The third kappa shape index (κ3) is 34.9. The predicted molar refractivity (Wildman–Crippen MR) is 175 cm³/mol. The van der Waals surface area contributed by atoms with E-state index in [9.17, 15) is 14.5 Å². The van der Waals surface area contributed by atoms with Gasteiger partial charge >= 0.3 is 0 Å². The van der Waals surface area contributed by atoms with Crippen LogP contribution in [0, 0.1) is 11.3 Å². The second-order valence-electron chi connectivity index (χ2n) is 8.08. The van der Waals surface area contributed by atoms with Crippen molar-refractivity contribution in [1.29, 1.82) is 5.26 Å². The zero-order valence-corrected chi connectivity index (χ0v) is 30.5. The summed E-state index contributed by atoms with van der Waals surface area (Å²) < 4.78 is 25.6. The fourth-order valence-corrected chi connectivity index (χ4v) is 4.29. The first-order valence-electron chi connectivity index (χ1n) is 14.3. The van der Waals surface area contributed by atoms with Crippen LogP contribution in [0.3, 0.4) is 0 Å². The molecule has 42 heavy (non-hydrogen) atoms. The third-order valence-electron chi connectivity index (χ3n) is 4.33. The highest BCUT2D eigenvalue weighted by atomic mass is 31.2. The van der Waals surface area contributed by atoms with Crippen LogP contribution in [0.1, 0.15) is 75.2 Å². The molecule has 0 aromatic rings. The van der Waals surface area contributed by atoms with Crippen molar-refractivity contribution in [3.63, 3.8) is 0 Å². The van der Waals surface area contributed by atoms with Crippen LogP contribution in [0.2, 0.25) is 0 Å². The summed E-state index contributed by atoms with van der Waals surface area (Å²) in [7, 11) is 5.58. The molecule has 0 saturated carbocycles. The molecule has 0 aliphatic carbocycles. The van der Waals surface area contributed by atoms with Gasteiger partial charge < -0.3 is 33.6 Å². The molecular formula is C28H62N4O8P2. The van der Waals surface area contributed by atoms with Crippen molar-refractivity contribution in [2.75, 3.05) is 61.0 Å². The van der Waals surface area contributed by atoms with E-state index in [1.165, 1.54) is 24.2 Å². The molecule has 14 heteroatoms. The Kier molecular flexibility index (Phi) is 47.7. The molecule has 252 valence electrons. The monoisotopic (exact) mass is 644 g/mol. The molecule has 0 saturated heterocycles. The fourth-order valence-electron chi connectivity index (χ4n) is 2.55. The molecule has 0 aromatic carbocycles. The molecule has 12 nitrogen and oxygen atoms in total. The lowest BCUT2D eigenvalue weighted by Crippen LogP contribution is -2.35. The van der Waals surface area contributed by atoms with E-state index in [2.05, 4.69) is 10.1 Å². The number of hydrogen-bond donors (Lipinski definition) is 2. The molecule has 0 radical (unpaired) electrons. The molecule has 0 bridgehead atoms. The lowest BCUT2D eigenvalue weighted by molar-refractivity contribution is -0.117. The van der Waals surface area contributed by atoms with Gasteiger partial charge in [0.1, 0.15) is 0 Å². The van der Waals surface area contributed by atoms with Gasteiger partial charge in [0.2, 0.25) is 12.3 Å². The van der Waals surface area contributed by atoms with Crippen LogP contribution in [0.5, 0.6) is 0 Å². The Balaban J connectivity index is -0.000000187. The number of hydroxylamine groups is 2. The Morgan fingerprint density at radius 1 is 1.02 bits per heavy atom. The molecular weight excluding hydrogens is 582 g/mol. The number of ether oxygens (including phenoxy) is 2. The molecule has 0 aromatic heterocycles. The number of nitriles is 1. The van der Waals surface area contributed by atoms with Crippen LogP contribution in [0.25, 0.3) is 0 Å². The highest BCUT2D eigenvalue weighted by molar-refractivity contribution is 7.47. The number of methoxy groups -OCH3 is 1. The van der Waals surface area contributed by atoms with Gasteiger partial charge in [-0.15, -0.1) is 0 Å². The van der Waals surface area contributed by atoms with E-state index in [-0.39, 0.29) is 24.1 Å². The SMILES string of the molecule is CC.CC.CC(C)N(OP(O)CCC#N)C(C)C.CCC(CN(C=O)/C=C\C(=O)NC)OCCP(OC)OC.COC. The zero-order valence-electron chi connectivity index (χ0n) is 28.7. The summed E-state index contributed by atoms with van der Waals surface area (Å²) in [5.74, 6) is -0.262. The van der Waals surface area contributed by atoms with Crippen molar-refractivity contribution in [3.8, 4) is 6.07 Å². The third-order valence-corrected chi connectivity index (χ3v) is 6.67. The highest BCUT2D eigenvalue weighted by Crippen LogP contribution is 2.35. The van der Waals surface area contributed by atoms with Gasteiger partial charge in [-0.2, -0.15) is 10.3 Å². The summed E-state index contributed by atoms with van der Waals surface area (Å²) in [6.07, 6.45) is 5.50. The standard InChI is InChI=1S/C13H25N2O5P.C9H19N2O2P.C2H6O.2C2H6/c1-5-12(20-8-9-21(18-3)19-4)10-15(11-16)7-6-13(17)14-2;1-8(2)11(9(3)4)13-14(12)7-5-6-10;1-3-2;2*1-2/h6-7,11-12H,5,8-10H2,1-4H3,(H,14,17);8-9,12H,5,7H2,1-4H3;1-2H3;2*1-2H3/b7-6-;;;;. The van der Waals surface area contributed by atoms with E-state index in [0.717, 1.165) is 6.42 Å². The first-order chi connectivity index (χ1) is 20.0. The van der Waals surface area contributed by atoms with E-state index in [4.69, 9.17) is 23.7 Å².